The van der Waals surface area contributed by atoms with E-state index in [0.717, 1.165) is 0 Å². The molecule has 0 aromatic heterocycles. The number of amides is 2. The van der Waals surface area contributed by atoms with Crippen LogP contribution in [0.1, 0.15) is 36.6 Å². The smallest absolute Gasteiger partial charge is 0.337 e. The van der Waals surface area contributed by atoms with Crippen molar-refractivity contribution in [2.45, 2.75) is 32.7 Å². The number of allylic oxidation sites excluding steroid dienone is 1. The number of esters is 1. The van der Waals surface area contributed by atoms with Crippen LogP contribution >= 0.6 is 15.9 Å². The molecular weight excluding hydrogens is 667 g/mol. The highest BCUT2D eigenvalue weighted by Crippen LogP contribution is 2.37. The first kappa shape index (κ1) is 34.1. The number of methoxy groups -OCH3 is 2. The number of carbonyl (C=O) groups excluding carboxylic acids is 2. The van der Waals surface area contributed by atoms with E-state index in [1.807, 2.05) is 0 Å². The normalized spacial score (nSPS) is 15.1. The number of hydrogen-bond donors (Lipinski definition) is 4. The number of carbonyl (C=O) groups is 2. The molecule has 244 valence electrons. The van der Waals surface area contributed by atoms with E-state index >= 15 is 0 Å². The van der Waals surface area contributed by atoms with Crippen molar-refractivity contribution in [2.24, 2.45) is 5.10 Å². The van der Waals surface area contributed by atoms with Gasteiger partial charge in [0.25, 0.3) is 0 Å². The van der Waals surface area contributed by atoms with E-state index in [-0.39, 0.29) is 24.6 Å². The molecule has 14 heteroatoms. The summed E-state index contributed by atoms with van der Waals surface area (Å²) in [5, 5.41) is 19.9. The number of rotatable bonds is 14. The summed E-state index contributed by atoms with van der Waals surface area (Å²) in [6.07, 6.45) is 0.276. The molecule has 3 aromatic rings. The van der Waals surface area contributed by atoms with Gasteiger partial charge in [-0.15, -0.1) is 0 Å². The Morgan fingerprint density at radius 1 is 1.11 bits per heavy atom. The molecule has 0 saturated heterocycles. The summed E-state index contributed by atoms with van der Waals surface area (Å²) in [7, 11) is 2.75. The lowest BCUT2D eigenvalue weighted by Crippen LogP contribution is -2.45. The van der Waals surface area contributed by atoms with E-state index in [9.17, 15) is 19.1 Å². The van der Waals surface area contributed by atoms with Crippen LogP contribution in [-0.2, 0) is 16.1 Å². The molecule has 0 spiro atoms. The molecule has 12 nitrogen and oxygen atoms in total. The Hall–Kier alpha value is -4.82. The molecule has 0 fully saturated rings. The molecule has 0 saturated carbocycles. The van der Waals surface area contributed by atoms with Crippen molar-refractivity contribution < 1.29 is 42.8 Å². The average Bonchev–Trinajstić information content (AvgIpc) is 3.03. The number of hydrazone groups is 1. The Balaban J connectivity index is 1.39. The van der Waals surface area contributed by atoms with E-state index in [2.05, 4.69) is 37.1 Å². The summed E-state index contributed by atoms with van der Waals surface area (Å²) in [5.74, 6) is 0.523. The lowest BCUT2D eigenvalue weighted by atomic mass is 9.95. The first-order chi connectivity index (χ1) is 22.1. The fourth-order valence-corrected chi connectivity index (χ4v) is 5.11. The van der Waals surface area contributed by atoms with Crippen LogP contribution in [0.25, 0.3) is 0 Å². The van der Waals surface area contributed by atoms with Crippen LogP contribution < -0.4 is 35.0 Å². The first-order valence-electron chi connectivity index (χ1n) is 14.1. The van der Waals surface area contributed by atoms with Gasteiger partial charge in [0, 0.05) is 11.3 Å². The third-order valence-electron chi connectivity index (χ3n) is 6.69. The molecule has 2 amide bonds. The summed E-state index contributed by atoms with van der Waals surface area (Å²) in [6.45, 7) is 3.55. The van der Waals surface area contributed by atoms with Gasteiger partial charge in [-0.2, -0.15) is 5.10 Å². The third-order valence-corrected chi connectivity index (χ3v) is 7.28. The minimum atomic E-state index is -1.20. The second kappa shape index (κ2) is 16.0. The summed E-state index contributed by atoms with van der Waals surface area (Å²) in [6, 6.07) is 13.5. The van der Waals surface area contributed by atoms with Gasteiger partial charge in [0.1, 0.15) is 19.0 Å². The highest BCUT2D eigenvalue weighted by Gasteiger charge is 2.32. The number of ether oxygens (including phenoxy) is 5. The van der Waals surface area contributed by atoms with Crippen LogP contribution in [0, 0.1) is 5.82 Å². The predicted octanol–water partition coefficient (Wildman–Crippen LogP) is 4.70. The Bertz CT molecular complexity index is 1630. The van der Waals surface area contributed by atoms with Gasteiger partial charge in [-0.25, -0.2) is 14.0 Å². The quantitative estimate of drug-likeness (QED) is 0.0813. The van der Waals surface area contributed by atoms with Crippen LogP contribution in [0.15, 0.2) is 75.4 Å². The van der Waals surface area contributed by atoms with Crippen molar-refractivity contribution in [1.29, 1.82) is 0 Å². The second-order valence-electron chi connectivity index (χ2n) is 9.83. The largest absolute Gasteiger partial charge is 0.493 e. The fraction of sp³-hybridized carbons (Fsp3) is 0.281. The number of aliphatic hydroxyl groups is 1. The number of hydrogen-bond acceptors (Lipinski definition) is 10. The van der Waals surface area contributed by atoms with Gasteiger partial charge in [0.2, 0.25) is 0 Å². The van der Waals surface area contributed by atoms with Crippen LogP contribution in [0.5, 0.6) is 23.0 Å². The van der Waals surface area contributed by atoms with Crippen molar-refractivity contribution in [3.05, 3.63) is 92.8 Å². The molecule has 46 heavy (non-hydrogen) atoms. The van der Waals surface area contributed by atoms with Crippen molar-refractivity contribution in [3.8, 4) is 23.0 Å². The summed E-state index contributed by atoms with van der Waals surface area (Å²) in [4.78, 5) is 24.6. The van der Waals surface area contributed by atoms with Gasteiger partial charge < -0.3 is 39.4 Å². The van der Waals surface area contributed by atoms with Crippen molar-refractivity contribution in [1.82, 2.24) is 16.1 Å². The average molecular weight is 702 g/mol. The van der Waals surface area contributed by atoms with Crippen LogP contribution in [0.3, 0.4) is 0 Å². The van der Waals surface area contributed by atoms with Gasteiger partial charge in [-0.05, 0) is 71.2 Å². The first-order valence-corrected chi connectivity index (χ1v) is 14.9. The summed E-state index contributed by atoms with van der Waals surface area (Å²) < 4.78 is 42.3. The molecule has 0 aliphatic carbocycles. The monoisotopic (exact) mass is 700 g/mol. The Labute approximate surface area is 273 Å². The molecule has 2 atom stereocenters. The predicted molar refractivity (Wildman–Crippen MR) is 170 cm³/mol. The van der Waals surface area contributed by atoms with Crippen LogP contribution in [0.2, 0.25) is 0 Å². The number of halogens is 2. The van der Waals surface area contributed by atoms with Crippen LogP contribution in [-0.4, -0.2) is 57.0 Å². The zero-order chi connectivity index (χ0) is 33.2. The molecule has 0 bridgehead atoms. The zero-order valence-corrected chi connectivity index (χ0v) is 27.1. The molecule has 4 rings (SSSR count). The number of nitrogens with zero attached hydrogens (tertiary/aromatic N) is 1. The third kappa shape index (κ3) is 8.46. The summed E-state index contributed by atoms with van der Waals surface area (Å²) in [5.41, 5.74) is 4.82. The fourth-order valence-electron chi connectivity index (χ4n) is 4.54. The maximum atomic E-state index is 14.0. The highest BCUT2D eigenvalue weighted by atomic mass is 79.9. The minimum absolute atomic E-state index is 0.0103. The van der Waals surface area contributed by atoms with E-state index in [0.29, 0.717) is 56.5 Å². The minimum Gasteiger partial charge on any atom is -0.493 e. The van der Waals surface area contributed by atoms with Gasteiger partial charge in [0.15, 0.2) is 29.2 Å². The molecule has 1 aliphatic rings. The zero-order valence-electron chi connectivity index (χ0n) is 25.6. The van der Waals surface area contributed by atoms with Gasteiger partial charge in [-0.3, -0.25) is 5.43 Å². The molecule has 1 heterocycles. The topological polar surface area (TPSA) is 149 Å². The van der Waals surface area contributed by atoms with Crippen LogP contribution in [0.4, 0.5) is 9.18 Å². The number of aliphatic hydroxyl groups excluding tert-OH is 1. The van der Waals surface area contributed by atoms with Crippen molar-refractivity contribution in [3.63, 3.8) is 0 Å². The van der Waals surface area contributed by atoms with E-state index in [4.69, 9.17) is 23.7 Å². The standard InChI is InChI=1S/C32H34BrFN4O8/c1-5-44-25-14-20(29-28(31(40)43-4)18(2)36-32(41)37-29)10-11-24(25)45-17-27(39)38-35-15-19-12-22(33)30(26(13-19)42-3)46-16-21-8-6-7-9-23(21)34/h6-15,27,29,38-39H,5,16-17H2,1-4H3,(H2,36,37,41)/b35-15-/t27-,29-/m1/s1. The molecule has 0 unspecified atom stereocenters. The Morgan fingerprint density at radius 3 is 2.61 bits per heavy atom. The SMILES string of the molecule is CCOc1cc([C@H]2NC(=O)NC(C)=C2C(=O)OC)ccc1OC[C@@H](O)N/N=C\c1cc(Br)c(OCc2ccccc2F)c(OC)c1. The number of benzene rings is 3. The van der Waals surface area contributed by atoms with E-state index < -0.39 is 24.3 Å². The number of nitrogens with one attached hydrogen (secondary N) is 3. The lowest BCUT2D eigenvalue weighted by Gasteiger charge is -2.28. The van der Waals surface area contributed by atoms with Gasteiger partial charge in [0.05, 0.1) is 43.1 Å². The van der Waals surface area contributed by atoms with E-state index in [1.54, 1.807) is 62.4 Å². The van der Waals surface area contributed by atoms with Gasteiger partial charge >= 0.3 is 12.0 Å². The molecule has 3 aromatic carbocycles. The van der Waals surface area contributed by atoms with Crippen molar-refractivity contribution >= 4 is 34.1 Å². The Kier molecular flexibility index (Phi) is 11.8. The maximum absolute atomic E-state index is 14.0. The molecular formula is C32H34BrFN4O8. The molecule has 4 N–H and O–H groups in total. The maximum Gasteiger partial charge on any atom is 0.337 e. The highest BCUT2D eigenvalue weighted by molar-refractivity contribution is 9.10. The number of urea groups is 1. The lowest BCUT2D eigenvalue weighted by molar-refractivity contribution is -0.136. The van der Waals surface area contributed by atoms with E-state index in [1.165, 1.54) is 26.5 Å². The van der Waals surface area contributed by atoms with Gasteiger partial charge in [-0.1, -0.05) is 24.3 Å². The molecule has 0 radical (unpaired) electrons. The van der Waals surface area contributed by atoms with Crippen molar-refractivity contribution in [2.75, 3.05) is 27.4 Å². The summed E-state index contributed by atoms with van der Waals surface area (Å²) >= 11 is 3.46. The Morgan fingerprint density at radius 2 is 1.89 bits per heavy atom. The second-order valence-corrected chi connectivity index (χ2v) is 10.7. The molecule has 1 aliphatic heterocycles.